The van der Waals surface area contributed by atoms with Crippen LogP contribution in [0.4, 0.5) is 0 Å². The molecule has 0 aromatic carbocycles. The Kier molecular flexibility index (Phi) is 3.18. The van der Waals surface area contributed by atoms with Gasteiger partial charge in [0, 0.05) is 12.4 Å². The molecule has 4 nitrogen and oxygen atoms in total. The van der Waals surface area contributed by atoms with Gasteiger partial charge in [0.15, 0.2) is 0 Å². The topological polar surface area (TPSA) is 42.7 Å². The van der Waals surface area contributed by atoms with Crippen molar-refractivity contribution >= 4 is 27.3 Å². The van der Waals surface area contributed by atoms with Gasteiger partial charge in [-0.1, -0.05) is 0 Å². The molecule has 0 bridgehead atoms. The van der Waals surface area contributed by atoms with E-state index in [1.807, 2.05) is 29.7 Å². The molecule has 15 heavy (non-hydrogen) atoms. The Balaban J connectivity index is 2.44. The molecule has 0 aliphatic rings. The summed E-state index contributed by atoms with van der Waals surface area (Å²) in [5, 5.41) is 9.48. The third kappa shape index (κ3) is 1.97. The Labute approximate surface area is 100 Å². The minimum absolute atomic E-state index is 0.0816. The SMILES string of the molecule is CNC(c1cscn1)c1c(Br)cnn1C. The molecule has 2 aromatic rings. The van der Waals surface area contributed by atoms with Gasteiger partial charge in [-0.25, -0.2) is 4.98 Å². The second kappa shape index (κ2) is 4.42. The van der Waals surface area contributed by atoms with Crippen LogP contribution < -0.4 is 5.32 Å². The maximum atomic E-state index is 4.32. The molecule has 1 unspecified atom stereocenters. The van der Waals surface area contributed by atoms with Crippen LogP contribution in [0.2, 0.25) is 0 Å². The van der Waals surface area contributed by atoms with E-state index >= 15 is 0 Å². The first kappa shape index (κ1) is 10.8. The van der Waals surface area contributed by atoms with Crippen LogP contribution in [-0.2, 0) is 7.05 Å². The number of aryl methyl sites for hydroxylation is 1. The summed E-state index contributed by atoms with van der Waals surface area (Å²) in [5.74, 6) is 0. The fraction of sp³-hybridized carbons (Fsp3) is 0.333. The second-order valence-electron chi connectivity index (χ2n) is 3.14. The van der Waals surface area contributed by atoms with Gasteiger partial charge in [0.2, 0.25) is 0 Å². The number of aromatic nitrogens is 3. The lowest BCUT2D eigenvalue weighted by atomic mass is 10.1. The molecule has 0 amide bonds. The molecule has 1 N–H and O–H groups in total. The summed E-state index contributed by atoms with van der Waals surface area (Å²) in [6, 6.07) is 0.0816. The summed E-state index contributed by atoms with van der Waals surface area (Å²) in [6.45, 7) is 0. The van der Waals surface area contributed by atoms with E-state index in [1.165, 1.54) is 0 Å². The Bertz CT molecular complexity index is 417. The fourth-order valence-corrected chi connectivity index (χ4v) is 2.69. The van der Waals surface area contributed by atoms with E-state index in [2.05, 4.69) is 31.3 Å². The average molecular weight is 287 g/mol. The molecule has 0 fully saturated rings. The Morgan fingerprint density at radius 3 is 2.87 bits per heavy atom. The van der Waals surface area contributed by atoms with Crippen molar-refractivity contribution in [2.45, 2.75) is 6.04 Å². The molecule has 80 valence electrons. The zero-order chi connectivity index (χ0) is 10.8. The van der Waals surface area contributed by atoms with Crippen LogP contribution in [0, 0.1) is 0 Å². The standard InChI is InChI=1S/C9H11BrN4S/c1-11-8(7-4-15-5-12-7)9-6(10)3-13-14(9)2/h3-5,8,11H,1-2H3. The summed E-state index contributed by atoms with van der Waals surface area (Å²) in [6.07, 6.45) is 1.80. The molecule has 6 heteroatoms. The summed E-state index contributed by atoms with van der Waals surface area (Å²) < 4.78 is 2.85. The van der Waals surface area contributed by atoms with Crippen LogP contribution in [0.1, 0.15) is 17.4 Å². The molecule has 2 rings (SSSR count). The Morgan fingerprint density at radius 2 is 2.40 bits per heavy atom. The molecule has 0 radical (unpaired) electrons. The summed E-state index contributed by atoms with van der Waals surface area (Å²) in [7, 11) is 3.85. The molecule has 1 atom stereocenters. The van der Waals surface area contributed by atoms with Crippen molar-refractivity contribution in [2.75, 3.05) is 7.05 Å². The van der Waals surface area contributed by atoms with E-state index in [0.29, 0.717) is 0 Å². The molecule has 0 saturated heterocycles. The number of nitrogens with one attached hydrogen (secondary N) is 1. The number of halogens is 1. The van der Waals surface area contributed by atoms with Crippen LogP contribution >= 0.6 is 27.3 Å². The monoisotopic (exact) mass is 286 g/mol. The van der Waals surface area contributed by atoms with Crippen LogP contribution in [0.3, 0.4) is 0 Å². The van der Waals surface area contributed by atoms with Crippen molar-refractivity contribution in [3.8, 4) is 0 Å². The summed E-state index contributed by atoms with van der Waals surface area (Å²) in [5.41, 5.74) is 3.94. The van der Waals surface area contributed by atoms with Gasteiger partial charge < -0.3 is 5.32 Å². The number of hydrogen-bond acceptors (Lipinski definition) is 4. The molecule has 2 aromatic heterocycles. The quantitative estimate of drug-likeness (QED) is 0.938. The van der Waals surface area contributed by atoms with Crippen molar-refractivity contribution in [3.63, 3.8) is 0 Å². The highest BCUT2D eigenvalue weighted by Crippen LogP contribution is 2.27. The van der Waals surface area contributed by atoms with Crippen molar-refractivity contribution in [3.05, 3.63) is 32.9 Å². The number of thiazole rings is 1. The van der Waals surface area contributed by atoms with E-state index in [0.717, 1.165) is 15.9 Å². The number of nitrogens with zero attached hydrogens (tertiary/aromatic N) is 3. The van der Waals surface area contributed by atoms with Crippen molar-refractivity contribution in [1.29, 1.82) is 0 Å². The predicted molar refractivity (Wildman–Crippen MR) is 63.9 cm³/mol. The van der Waals surface area contributed by atoms with E-state index < -0.39 is 0 Å². The van der Waals surface area contributed by atoms with E-state index in [-0.39, 0.29) is 6.04 Å². The van der Waals surface area contributed by atoms with Gasteiger partial charge >= 0.3 is 0 Å². The fourth-order valence-electron chi connectivity index (χ4n) is 1.53. The zero-order valence-electron chi connectivity index (χ0n) is 8.44. The van der Waals surface area contributed by atoms with Crippen molar-refractivity contribution in [2.24, 2.45) is 7.05 Å². The van der Waals surface area contributed by atoms with E-state index in [9.17, 15) is 0 Å². The van der Waals surface area contributed by atoms with Gasteiger partial charge in [-0.2, -0.15) is 5.10 Å². The van der Waals surface area contributed by atoms with Crippen LogP contribution in [-0.4, -0.2) is 21.8 Å². The summed E-state index contributed by atoms with van der Waals surface area (Å²) >= 11 is 5.09. The molecule has 0 saturated carbocycles. The summed E-state index contributed by atoms with van der Waals surface area (Å²) in [4.78, 5) is 4.32. The maximum Gasteiger partial charge on any atom is 0.0939 e. The van der Waals surface area contributed by atoms with Gasteiger partial charge in [-0.3, -0.25) is 4.68 Å². The van der Waals surface area contributed by atoms with Gasteiger partial charge in [0.1, 0.15) is 0 Å². The first-order chi connectivity index (χ1) is 7.24. The largest absolute Gasteiger partial charge is 0.307 e. The van der Waals surface area contributed by atoms with Crippen LogP contribution in [0.15, 0.2) is 21.6 Å². The minimum Gasteiger partial charge on any atom is -0.307 e. The molecule has 0 aliphatic carbocycles. The lowest BCUT2D eigenvalue weighted by Gasteiger charge is -2.14. The third-order valence-electron chi connectivity index (χ3n) is 2.25. The first-order valence-electron chi connectivity index (χ1n) is 4.46. The first-order valence-corrected chi connectivity index (χ1v) is 6.20. The maximum absolute atomic E-state index is 4.32. The van der Waals surface area contributed by atoms with Crippen LogP contribution in [0.5, 0.6) is 0 Å². The van der Waals surface area contributed by atoms with Gasteiger partial charge in [-0.05, 0) is 23.0 Å². The number of hydrogen-bond donors (Lipinski definition) is 1. The highest BCUT2D eigenvalue weighted by molar-refractivity contribution is 9.10. The lowest BCUT2D eigenvalue weighted by Crippen LogP contribution is -2.21. The van der Waals surface area contributed by atoms with Gasteiger partial charge in [-0.15, -0.1) is 11.3 Å². The minimum atomic E-state index is 0.0816. The van der Waals surface area contributed by atoms with Crippen molar-refractivity contribution < 1.29 is 0 Å². The van der Waals surface area contributed by atoms with Gasteiger partial charge in [0.05, 0.1) is 33.6 Å². The lowest BCUT2D eigenvalue weighted by molar-refractivity contribution is 0.595. The zero-order valence-corrected chi connectivity index (χ0v) is 10.8. The molecule has 0 spiro atoms. The van der Waals surface area contributed by atoms with Crippen LogP contribution in [0.25, 0.3) is 0 Å². The predicted octanol–water partition coefficient (Wildman–Crippen LogP) is 1.95. The molecular weight excluding hydrogens is 276 g/mol. The van der Waals surface area contributed by atoms with Crippen molar-refractivity contribution in [1.82, 2.24) is 20.1 Å². The second-order valence-corrected chi connectivity index (χ2v) is 4.71. The molecule has 2 heterocycles. The third-order valence-corrected chi connectivity index (χ3v) is 3.46. The van der Waals surface area contributed by atoms with E-state index in [1.54, 1.807) is 17.5 Å². The smallest absolute Gasteiger partial charge is 0.0939 e. The molecular formula is C9H11BrN4S. The number of rotatable bonds is 3. The highest BCUT2D eigenvalue weighted by Gasteiger charge is 2.20. The Morgan fingerprint density at radius 1 is 1.60 bits per heavy atom. The highest BCUT2D eigenvalue weighted by atomic mass is 79.9. The van der Waals surface area contributed by atoms with Gasteiger partial charge in [0.25, 0.3) is 0 Å². The normalized spacial score (nSPS) is 13.0. The molecule has 0 aliphatic heterocycles. The Hall–Kier alpha value is -0.720. The average Bonchev–Trinajstić information content (AvgIpc) is 2.83. The van der Waals surface area contributed by atoms with E-state index in [4.69, 9.17) is 0 Å².